The summed E-state index contributed by atoms with van der Waals surface area (Å²) >= 11 is 9.28. The van der Waals surface area contributed by atoms with E-state index in [0.29, 0.717) is 12.5 Å². The van der Waals surface area contributed by atoms with E-state index in [-0.39, 0.29) is 9.92 Å². The van der Waals surface area contributed by atoms with E-state index in [0.717, 1.165) is 16.8 Å². The minimum Gasteiger partial charge on any atom is -0.211 e. The molecule has 0 heterocycles. The lowest BCUT2D eigenvalue weighted by Gasteiger charge is -2.26. The van der Waals surface area contributed by atoms with Crippen molar-refractivity contribution in [2.24, 2.45) is 11.8 Å². The molecule has 3 nitrogen and oxygen atoms in total. The number of nitrogens with one attached hydrogen (secondary N) is 1. The Morgan fingerprint density at radius 3 is 2.57 bits per heavy atom. The van der Waals surface area contributed by atoms with Gasteiger partial charge in [-0.2, -0.15) is 0 Å². The SMILES string of the molecule is CC1CCC(CCNS(=O)(=O)c2ccc(Br)cc2Cl)CC1. The molecule has 1 aromatic rings. The van der Waals surface area contributed by atoms with Crippen molar-refractivity contribution in [1.29, 1.82) is 0 Å². The van der Waals surface area contributed by atoms with Gasteiger partial charge in [-0.3, -0.25) is 0 Å². The summed E-state index contributed by atoms with van der Waals surface area (Å²) in [4.78, 5) is 0.143. The highest BCUT2D eigenvalue weighted by molar-refractivity contribution is 9.10. The van der Waals surface area contributed by atoms with Crippen molar-refractivity contribution in [2.45, 2.75) is 43.9 Å². The summed E-state index contributed by atoms with van der Waals surface area (Å²) in [5.74, 6) is 1.46. The lowest BCUT2D eigenvalue weighted by molar-refractivity contribution is 0.278. The van der Waals surface area contributed by atoms with Crippen molar-refractivity contribution in [3.05, 3.63) is 27.7 Å². The number of hydrogen-bond acceptors (Lipinski definition) is 2. The first-order chi connectivity index (χ1) is 9.88. The highest BCUT2D eigenvalue weighted by Gasteiger charge is 2.21. The lowest BCUT2D eigenvalue weighted by Crippen LogP contribution is -2.27. The minimum absolute atomic E-state index is 0.143. The first kappa shape index (κ1) is 17.3. The Morgan fingerprint density at radius 2 is 1.95 bits per heavy atom. The molecule has 0 unspecified atom stereocenters. The predicted octanol–water partition coefficient (Wildman–Crippen LogP) is 4.60. The van der Waals surface area contributed by atoms with Crippen LogP contribution in [-0.4, -0.2) is 15.0 Å². The van der Waals surface area contributed by atoms with Crippen LogP contribution in [0.25, 0.3) is 0 Å². The second-order valence-electron chi connectivity index (χ2n) is 5.89. The van der Waals surface area contributed by atoms with E-state index in [9.17, 15) is 8.42 Å². The second kappa shape index (κ2) is 7.44. The van der Waals surface area contributed by atoms with Crippen molar-refractivity contribution in [3.63, 3.8) is 0 Å². The first-order valence-corrected chi connectivity index (χ1v) is 9.98. The van der Waals surface area contributed by atoms with Crippen molar-refractivity contribution in [3.8, 4) is 0 Å². The maximum atomic E-state index is 12.2. The third kappa shape index (κ3) is 4.95. The van der Waals surface area contributed by atoms with Crippen LogP contribution in [0.1, 0.15) is 39.0 Å². The molecule has 21 heavy (non-hydrogen) atoms. The first-order valence-electron chi connectivity index (χ1n) is 7.33. The Balaban J connectivity index is 1.89. The van der Waals surface area contributed by atoms with Gasteiger partial charge in [-0.25, -0.2) is 13.1 Å². The normalized spacial score (nSPS) is 23.2. The van der Waals surface area contributed by atoms with Gasteiger partial charge in [0.25, 0.3) is 0 Å². The van der Waals surface area contributed by atoms with E-state index in [1.54, 1.807) is 12.1 Å². The topological polar surface area (TPSA) is 46.2 Å². The molecule has 1 saturated carbocycles. The average molecular weight is 395 g/mol. The molecule has 1 aliphatic rings. The van der Waals surface area contributed by atoms with Crippen LogP contribution in [0.2, 0.25) is 5.02 Å². The Bertz CT molecular complexity index is 583. The minimum atomic E-state index is -3.52. The van der Waals surface area contributed by atoms with E-state index in [1.165, 1.54) is 31.7 Å². The number of sulfonamides is 1. The summed E-state index contributed by atoms with van der Waals surface area (Å²) in [5.41, 5.74) is 0. The summed E-state index contributed by atoms with van der Waals surface area (Å²) in [6, 6.07) is 4.80. The summed E-state index contributed by atoms with van der Waals surface area (Å²) < 4.78 is 27.9. The number of hydrogen-bond donors (Lipinski definition) is 1. The van der Waals surface area contributed by atoms with Crippen LogP contribution < -0.4 is 4.72 Å². The van der Waals surface area contributed by atoms with Crippen molar-refractivity contribution in [1.82, 2.24) is 4.72 Å². The highest BCUT2D eigenvalue weighted by Crippen LogP contribution is 2.30. The summed E-state index contributed by atoms with van der Waals surface area (Å²) in [6.07, 6.45) is 5.84. The molecule has 6 heteroatoms. The fourth-order valence-electron chi connectivity index (χ4n) is 2.79. The van der Waals surface area contributed by atoms with Crippen LogP contribution in [0.15, 0.2) is 27.6 Å². The zero-order chi connectivity index (χ0) is 15.5. The van der Waals surface area contributed by atoms with Crippen LogP contribution in [0.5, 0.6) is 0 Å². The Kier molecular flexibility index (Phi) is 6.12. The third-order valence-electron chi connectivity index (χ3n) is 4.16. The molecule has 0 atom stereocenters. The van der Waals surface area contributed by atoms with Gasteiger partial charge in [0.1, 0.15) is 4.90 Å². The molecule has 0 aliphatic heterocycles. The molecule has 0 bridgehead atoms. The zero-order valence-corrected chi connectivity index (χ0v) is 15.3. The lowest BCUT2D eigenvalue weighted by atomic mass is 9.81. The molecule has 1 N–H and O–H groups in total. The summed E-state index contributed by atoms with van der Waals surface area (Å²) in [7, 11) is -3.52. The van der Waals surface area contributed by atoms with Crippen LogP contribution in [0, 0.1) is 11.8 Å². The number of halogens is 2. The molecule has 0 amide bonds. The quantitative estimate of drug-likeness (QED) is 0.793. The van der Waals surface area contributed by atoms with Gasteiger partial charge < -0.3 is 0 Å². The van der Waals surface area contributed by atoms with Crippen LogP contribution in [-0.2, 0) is 10.0 Å². The fourth-order valence-corrected chi connectivity index (χ4v) is 4.87. The average Bonchev–Trinajstić information content (AvgIpc) is 2.40. The van der Waals surface area contributed by atoms with Gasteiger partial charge in [0.15, 0.2) is 0 Å². The van der Waals surface area contributed by atoms with Crippen molar-refractivity contribution >= 4 is 37.6 Å². The van der Waals surface area contributed by atoms with Gasteiger partial charge in [-0.15, -0.1) is 0 Å². The second-order valence-corrected chi connectivity index (χ2v) is 8.95. The van der Waals surface area contributed by atoms with Crippen molar-refractivity contribution in [2.75, 3.05) is 6.54 Å². The standard InChI is InChI=1S/C15H21BrClNO2S/c1-11-2-4-12(5-3-11)8-9-18-21(19,20)15-7-6-13(16)10-14(15)17/h6-7,10-12,18H,2-5,8-9H2,1H3. The van der Waals surface area contributed by atoms with Crippen LogP contribution >= 0.6 is 27.5 Å². The molecule has 0 radical (unpaired) electrons. The Morgan fingerprint density at radius 1 is 1.29 bits per heavy atom. The molecule has 2 rings (SSSR count). The largest absolute Gasteiger partial charge is 0.242 e. The molecule has 0 saturated heterocycles. The molecule has 118 valence electrons. The summed E-state index contributed by atoms with van der Waals surface area (Å²) in [6.45, 7) is 2.77. The molecule has 1 fully saturated rings. The van der Waals surface area contributed by atoms with E-state index in [2.05, 4.69) is 27.6 Å². The number of rotatable bonds is 5. The van der Waals surface area contributed by atoms with E-state index >= 15 is 0 Å². The van der Waals surface area contributed by atoms with E-state index in [1.807, 2.05) is 0 Å². The van der Waals surface area contributed by atoms with Gasteiger partial charge in [-0.1, -0.05) is 60.1 Å². The molecule has 0 spiro atoms. The number of benzene rings is 1. The predicted molar refractivity (Wildman–Crippen MR) is 90.1 cm³/mol. The van der Waals surface area contributed by atoms with Crippen molar-refractivity contribution < 1.29 is 8.42 Å². The third-order valence-corrected chi connectivity index (χ3v) is 6.60. The molecular formula is C15H21BrClNO2S. The molecular weight excluding hydrogens is 374 g/mol. The Hall–Kier alpha value is -0.100. The molecule has 0 aromatic heterocycles. The Labute approximate surface area is 140 Å². The molecule has 1 aliphatic carbocycles. The van der Waals surface area contributed by atoms with E-state index in [4.69, 9.17) is 11.6 Å². The van der Waals surface area contributed by atoms with Gasteiger partial charge in [0.2, 0.25) is 10.0 Å². The van der Waals surface area contributed by atoms with Crippen LogP contribution in [0.3, 0.4) is 0 Å². The maximum absolute atomic E-state index is 12.2. The van der Waals surface area contributed by atoms with E-state index < -0.39 is 10.0 Å². The highest BCUT2D eigenvalue weighted by atomic mass is 79.9. The molecule has 1 aromatic carbocycles. The smallest absolute Gasteiger partial charge is 0.211 e. The fraction of sp³-hybridized carbons (Fsp3) is 0.600. The summed E-state index contributed by atoms with van der Waals surface area (Å²) in [5, 5.41) is 0.239. The van der Waals surface area contributed by atoms with Gasteiger partial charge in [0.05, 0.1) is 5.02 Å². The zero-order valence-electron chi connectivity index (χ0n) is 12.1. The maximum Gasteiger partial charge on any atom is 0.242 e. The van der Waals surface area contributed by atoms with Gasteiger partial charge in [-0.05, 0) is 36.5 Å². The van der Waals surface area contributed by atoms with Gasteiger partial charge in [0, 0.05) is 11.0 Å². The van der Waals surface area contributed by atoms with Crippen LogP contribution in [0.4, 0.5) is 0 Å². The van der Waals surface area contributed by atoms with Gasteiger partial charge >= 0.3 is 0 Å². The monoisotopic (exact) mass is 393 g/mol.